The van der Waals surface area contributed by atoms with Crippen LogP contribution >= 0.6 is 0 Å². The third-order valence-electron chi connectivity index (χ3n) is 3.52. The van der Waals surface area contributed by atoms with Crippen LogP contribution in [0.3, 0.4) is 0 Å². The molecule has 8 heteroatoms. The lowest BCUT2D eigenvalue weighted by molar-refractivity contribution is -0.383. The van der Waals surface area contributed by atoms with E-state index < -0.39 is 16.8 Å². The maximum Gasteiger partial charge on any atom is 0.305 e. The summed E-state index contributed by atoms with van der Waals surface area (Å²) in [6.07, 6.45) is 1.22. The molecular weight excluding hydrogens is 278 g/mol. The third kappa shape index (κ3) is 3.10. The maximum absolute atomic E-state index is 12.4. The lowest BCUT2D eigenvalue weighted by Gasteiger charge is -2.23. The number of nitro groups is 1. The average molecular weight is 293 g/mol. The number of hydrogen-bond donors (Lipinski definition) is 2. The van der Waals surface area contributed by atoms with Crippen molar-refractivity contribution in [2.45, 2.75) is 25.3 Å². The summed E-state index contributed by atoms with van der Waals surface area (Å²) in [5.41, 5.74) is 5.30. The molecular formula is C13H15N3O5. The Morgan fingerprint density at radius 3 is 2.81 bits per heavy atom. The summed E-state index contributed by atoms with van der Waals surface area (Å²) in [7, 11) is 0. The number of anilines is 1. The number of amides is 1. The fourth-order valence-electron chi connectivity index (χ4n) is 2.52. The highest BCUT2D eigenvalue weighted by Crippen LogP contribution is 2.26. The van der Waals surface area contributed by atoms with Gasteiger partial charge >= 0.3 is 5.97 Å². The first-order valence-electron chi connectivity index (χ1n) is 6.47. The number of likely N-dealkylation sites (tertiary alicyclic amines) is 1. The van der Waals surface area contributed by atoms with Gasteiger partial charge in [-0.1, -0.05) is 0 Å². The minimum atomic E-state index is -0.969. The van der Waals surface area contributed by atoms with E-state index in [9.17, 15) is 19.7 Å². The second kappa shape index (κ2) is 5.78. The van der Waals surface area contributed by atoms with E-state index in [1.165, 1.54) is 17.0 Å². The van der Waals surface area contributed by atoms with Crippen molar-refractivity contribution in [3.63, 3.8) is 0 Å². The van der Waals surface area contributed by atoms with Crippen molar-refractivity contribution in [3.05, 3.63) is 33.9 Å². The van der Waals surface area contributed by atoms with Gasteiger partial charge in [-0.05, 0) is 25.0 Å². The van der Waals surface area contributed by atoms with Gasteiger partial charge in [0.25, 0.3) is 11.6 Å². The van der Waals surface area contributed by atoms with Crippen LogP contribution < -0.4 is 5.73 Å². The molecule has 1 atom stereocenters. The van der Waals surface area contributed by atoms with Crippen molar-refractivity contribution in [3.8, 4) is 0 Å². The van der Waals surface area contributed by atoms with Gasteiger partial charge in [0, 0.05) is 24.2 Å². The van der Waals surface area contributed by atoms with Crippen molar-refractivity contribution in [2.24, 2.45) is 0 Å². The van der Waals surface area contributed by atoms with Crippen LogP contribution in [0.15, 0.2) is 18.2 Å². The minimum Gasteiger partial charge on any atom is -0.481 e. The van der Waals surface area contributed by atoms with Crippen LogP contribution in [0, 0.1) is 10.1 Å². The Balaban J connectivity index is 2.25. The van der Waals surface area contributed by atoms with E-state index in [1.54, 1.807) is 0 Å². The van der Waals surface area contributed by atoms with Crippen LogP contribution in [0.5, 0.6) is 0 Å². The Hall–Kier alpha value is -2.64. The van der Waals surface area contributed by atoms with E-state index in [1.807, 2.05) is 0 Å². The second-order valence-corrected chi connectivity index (χ2v) is 4.92. The number of nitrogens with two attached hydrogens (primary N) is 1. The topological polar surface area (TPSA) is 127 Å². The van der Waals surface area contributed by atoms with Crippen LogP contribution in [0.25, 0.3) is 0 Å². The van der Waals surface area contributed by atoms with Gasteiger partial charge in [0.15, 0.2) is 0 Å². The molecule has 1 fully saturated rings. The molecule has 0 bridgehead atoms. The van der Waals surface area contributed by atoms with Crippen LogP contribution in [0.4, 0.5) is 11.4 Å². The van der Waals surface area contributed by atoms with Gasteiger partial charge in [-0.3, -0.25) is 19.7 Å². The van der Waals surface area contributed by atoms with Gasteiger partial charge in [0.05, 0.1) is 11.3 Å². The van der Waals surface area contributed by atoms with Crippen molar-refractivity contribution >= 4 is 23.3 Å². The standard InChI is InChI=1S/C13H15N3O5/c14-10-4-3-8(6-11(10)16(20)21)13(19)15-5-1-2-9(15)7-12(17)18/h3-4,6,9H,1-2,5,7,14H2,(H,17,18). The third-order valence-corrected chi connectivity index (χ3v) is 3.52. The molecule has 1 aromatic rings. The Kier molecular flexibility index (Phi) is 4.06. The lowest BCUT2D eigenvalue weighted by atomic mass is 10.1. The van der Waals surface area contributed by atoms with Crippen molar-refractivity contribution < 1.29 is 19.6 Å². The Labute approximate surface area is 120 Å². The van der Waals surface area contributed by atoms with Crippen molar-refractivity contribution in [1.82, 2.24) is 4.90 Å². The molecule has 1 aliphatic rings. The Morgan fingerprint density at radius 2 is 2.19 bits per heavy atom. The van der Waals surface area contributed by atoms with Gasteiger partial charge in [0.2, 0.25) is 0 Å². The molecule has 112 valence electrons. The Morgan fingerprint density at radius 1 is 1.48 bits per heavy atom. The monoisotopic (exact) mass is 293 g/mol. The molecule has 0 spiro atoms. The number of carbonyl (C=O) groups excluding carboxylic acids is 1. The summed E-state index contributed by atoms with van der Waals surface area (Å²) in [5, 5.41) is 19.7. The van der Waals surface area contributed by atoms with E-state index in [4.69, 9.17) is 10.8 Å². The van der Waals surface area contributed by atoms with Crippen LogP contribution in [0.1, 0.15) is 29.6 Å². The molecule has 1 unspecified atom stereocenters. The quantitative estimate of drug-likeness (QED) is 0.488. The first-order chi connectivity index (χ1) is 9.90. The normalized spacial score (nSPS) is 17.7. The van der Waals surface area contributed by atoms with E-state index in [-0.39, 0.29) is 29.4 Å². The molecule has 1 aromatic carbocycles. The number of rotatable bonds is 4. The molecule has 3 N–H and O–H groups in total. The molecule has 1 heterocycles. The number of benzene rings is 1. The number of carboxylic acids is 1. The number of carbonyl (C=O) groups is 2. The molecule has 2 rings (SSSR count). The summed E-state index contributed by atoms with van der Waals surface area (Å²) >= 11 is 0. The highest BCUT2D eigenvalue weighted by Gasteiger charge is 2.31. The summed E-state index contributed by atoms with van der Waals surface area (Å²) in [5.74, 6) is -1.37. The van der Waals surface area contributed by atoms with Gasteiger partial charge < -0.3 is 15.7 Å². The van der Waals surface area contributed by atoms with E-state index in [0.29, 0.717) is 13.0 Å². The molecule has 0 radical (unpaired) electrons. The lowest BCUT2D eigenvalue weighted by Crippen LogP contribution is -2.36. The molecule has 0 aromatic heterocycles. The average Bonchev–Trinajstić information content (AvgIpc) is 2.85. The van der Waals surface area contributed by atoms with Crippen LogP contribution in [-0.2, 0) is 4.79 Å². The number of nitrogens with zero attached hydrogens (tertiary/aromatic N) is 2. The van der Waals surface area contributed by atoms with E-state index in [0.717, 1.165) is 12.5 Å². The van der Waals surface area contributed by atoms with E-state index in [2.05, 4.69) is 0 Å². The fraction of sp³-hybridized carbons (Fsp3) is 0.385. The zero-order valence-electron chi connectivity index (χ0n) is 11.2. The van der Waals surface area contributed by atoms with Gasteiger partial charge in [-0.15, -0.1) is 0 Å². The van der Waals surface area contributed by atoms with Gasteiger partial charge in [-0.25, -0.2) is 0 Å². The molecule has 1 saturated heterocycles. The molecule has 1 aliphatic heterocycles. The smallest absolute Gasteiger partial charge is 0.305 e. The largest absolute Gasteiger partial charge is 0.481 e. The number of hydrogen-bond acceptors (Lipinski definition) is 5. The summed E-state index contributed by atoms with van der Waals surface area (Å²) in [4.78, 5) is 34.9. The maximum atomic E-state index is 12.4. The highest BCUT2D eigenvalue weighted by atomic mass is 16.6. The molecule has 0 saturated carbocycles. The molecule has 0 aliphatic carbocycles. The SMILES string of the molecule is Nc1ccc(C(=O)N2CCCC2CC(=O)O)cc1[N+](=O)[O-]. The number of aliphatic carboxylic acids is 1. The van der Waals surface area contributed by atoms with E-state index >= 15 is 0 Å². The van der Waals surface area contributed by atoms with Crippen LogP contribution in [-0.4, -0.2) is 39.4 Å². The number of nitrogen functional groups attached to an aromatic ring is 1. The summed E-state index contributed by atoms with van der Waals surface area (Å²) < 4.78 is 0. The Bertz CT molecular complexity index is 601. The van der Waals surface area contributed by atoms with Crippen LogP contribution in [0.2, 0.25) is 0 Å². The van der Waals surface area contributed by atoms with Gasteiger partial charge in [-0.2, -0.15) is 0 Å². The summed E-state index contributed by atoms with van der Waals surface area (Å²) in [6, 6.07) is 3.49. The minimum absolute atomic E-state index is 0.0138. The first-order valence-corrected chi connectivity index (χ1v) is 6.47. The second-order valence-electron chi connectivity index (χ2n) is 4.92. The first kappa shape index (κ1) is 14.8. The molecule has 8 nitrogen and oxygen atoms in total. The van der Waals surface area contributed by atoms with Gasteiger partial charge in [0.1, 0.15) is 5.69 Å². The fourth-order valence-corrected chi connectivity index (χ4v) is 2.52. The van der Waals surface area contributed by atoms with Crippen molar-refractivity contribution in [1.29, 1.82) is 0 Å². The molecule has 21 heavy (non-hydrogen) atoms. The zero-order valence-corrected chi connectivity index (χ0v) is 11.2. The van der Waals surface area contributed by atoms with Crippen molar-refractivity contribution in [2.75, 3.05) is 12.3 Å². The highest BCUT2D eigenvalue weighted by molar-refractivity contribution is 5.96. The zero-order chi connectivity index (χ0) is 15.6. The molecule has 1 amide bonds. The number of carboxylic acid groups (broad SMARTS) is 1. The summed E-state index contributed by atoms with van der Waals surface area (Å²) in [6.45, 7) is 0.453. The predicted molar refractivity (Wildman–Crippen MR) is 73.8 cm³/mol. The predicted octanol–water partition coefficient (Wildman–Crippen LogP) is 1.26. The number of nitro benzene ring substituents is 1.